The molecule has 1 aliphatic heterocycles. The minimum absolute atomic E-state index is 0.0494. The number of nitrogens with zero attached hydrogens (tertiary/aromatic N) is 3. The van der Waals surface area contributed by atoms with Crippen molar-refractivity contribution in [1.29, 1.82) is 0 Å². The van der Waals surface area contributed by atoms with Crippen LogP contribution in [0.1, 0.15) is 45.7 Å². The summed E-state index contributed by atoms with van der Waals surface area (Å²) in [6.07, 6.45) is 3.16. The van der Waals surface area contributed by atoms with Crippen molar-refractivity contribution >= 4 is 22.6 Å². The molecule has 0 amide bonds. The molecule has 0 radical (unpaired) electrons. The Morgan fingerprint density at radius 2 is 2.17 bits per heavy atom. The van der Waals surface area contributed by atoms with Crippen molar-refractivity contribution in [3.05, 3.63) is 11.9 Å². The number of anilines is 1. The van der Waals surface area contributed by atoms with Crippen LogP contribution in [0.4, 0.5) is 5.69 Å². The highest BCUT2D eigenvalue weighted by atomic mass is 32.2. The standard InChI is InChI=1S/C13H22N4S/c1-9(2)11-10(8-17(5)16-11)14-12-15-13(3,4)6-7-18-12/h8-9H,6-7H2,1-5H3,(H,14,15). The molecule has 0 bridgehead atoms. The number of rotatable bonds is 2. The molecule has 1 N–H and O–H groups in total. The van der Waals surface area contributed by atoms with Crippen LogP contribution in [0.2, 0.25) is 0 Å². The summed E-state index contributed by atoms with van der Waals surface area (Å²) in [7, 11) is 1.96. The molecule has 0 saturated carbocycles. The van der Waals surface area contributed by atoms with Crippen molar-refractivity contribution in [3.63, 3.8) is 0 Å². The maximum absolute atomic E-state index is 4.75. The molecular formula is C13H22N4S. The van der Waals surface area contributed by atoms with Gasteiger partial charge in [-0.05, 0) is 26.2 Å². The van der Waals surface area contributed by atoms with Crippen LogP contribution < -0.4 is 5.32 Å². The summed E-state index contributed by atoms with van der Waals surface area (Å²) in [5, 5.41) is 8.95. The predicted molar refractivity (Wildman–Crippen MR) is 79.5 cm³/mol. The Morgan fingerprint density at radius 1 is 1.44 bits per heavy atom. The molecule has 5 heteroatoms. The smallest absolute Gasteiger partial charge is 0.161 e. The Kier molecular flexibility index (Phi) is 3.71. The van der Waals surface area contributed by atoms with Crippen LogP contribution in [0.15, 0.2) is 11.2 Å². The molecule has 0 aliphatic carbocycles. The molecular weight excluding hydrogens is 244 g/mol. The summed E-state index contributed by atoms with van der Waals surface area (Å²) in [5.74, 6) is 1.53. The van der Waals surface area contributed by atoms with Gasteiger partial charge in [0.1, 0.15) is 0 Å². The second-order valence-electron chi connectivity index (χ2n) is 5.71. The highest BCUT2D eigenvalue weighted by Gasteiger charge is 2.23. The Hall–Kier alpha value is -0.970. The predicted octanol–water partition coefficient (Wildman–Crippen LogP) is 3.23. The molecule has 100 valence electrons. The lowest BCUT2D eigenvalue weighted by Crippen LogP contribution is -2.27. The Bertz CT molecular complexity index is 460. The lowest BCUT2D eigenvalue weighted by Gasteiger charge is -2.26. The third-order valence-electron chi connectivity index (χ3n) is 3.00. The average molecular weight is 266 g/mol. The van der Waals surface area contributed by atoms with E-state index in [-0.39, 0.29) is 5.54 Å². The van der Waals surface area contributed by atoms with E-state index in [1.165, 1.54) is 0 Å². The van der Waals surface area contributed by atoms with E-state index in [1.54, 1.807) is 11.8 Å². The minimum atomic E-state index is 0.0494. The van der Waals surface area contributed by atoms with Gasteiger partial charge in [-0.2, -0.15) is 5.10 Å². The Labute approximate surface area is 113 Å². The zero-order valence-corrected chi connectivity index (χ0v) is 12.6. The van der Waals surface area contributed by atoms with E-state index >= 15 is 0 Å². The van der Waals surface area contributed by atoms with Crippen LogP contribution in [-0.4, -0.2) is 26.2 Å². The van der Waals surface area contributed by atoms with E-state index in [2.05, 4.69) is 38.1 Å². The number of thioether (sulfide) groups is 1. The van der Waals surface area contributed by atoms with Gasteiger partial charge in [-0.15, -0.1) is 0 Å². The first-order chi connectivity index (χ1) is 8.37. The first-order valence-corrected chi connectivity index (χ1v) is 7.39. The number of amidine groups is 1. The Morgan fingerprint density at radius 3 is 2.78 bits per heavy atom. The lowest BCUT2D eigenvalue weighted by atomic mass is 10.0. The van der Waals surface area contributed by atoms with Crippen LogP contribution in [0.3, 0.4) is 0 Å². The molecule has 2 heterocycles. The molecule has 0 fully saturated rings. The van der Waals surface area contributed by atoms with Gasteiger partial charge in [0.15, 0.2) is 5.17 Å². The molecule has 1 aliphatic rings. The molecule has 0 unspecified atom stereocenters. The summed E-state index contributed by atoms with van der Waals surface area (Å²) in [5.41, 5.74) is 2.23. The van der Waals surface area contributed by atoms with Gasteiger partial charge in [0.25, 0.3) is 0 Å². The third-order valence-corrected chi connectivity index (χ3v) is 3.88. The quantitative estimate of drug-likeness (QED) is 0.893. The molecule has 2 rings (SSSR count). The van der Waals surface area contributed by atoms with Gasteiger partial charge >= 0.3 is 0 Å². The van der Waals surface area contributed by atoms with Crippen molar-refractivity contribution < 1.29 is 0 Å². The van der Waals surface area contributed by atoms with E-state index in [0.29, 0.717) is 5.92 Å². The maximum Gasteiger partial charge on any atom is 0.161 e. The summed E-state index contributed by atoms with van der Waals surface area (Å²) < 4.78 is 1.86. The molecule has 0 saturated heterocycles. The van der Waals surface area contributed by atoms with E-state index in [1.807, 2.05) is 17.9 Å². The maximum atomic E-state index is 4.75. The summed E-state index contributed by atoms with van der Waals surface area (Å²) >= 11 is 1.79. The molecule has 0 aromatic carbocycles. The van der Waals surface area contributed by atoms with Gasteiger partial charge in [-0.3, -0.25) is 9.67 Å². The number of hydrogen-bond acceptors (Lipinski definition) is 4. The van der Waals surface area contributed by atoms with Crippen LogP contribution in [0.5, 0.6) is 0 Å². The number of nitrogens with one attached hydrogen (secondary N) is 1. The highest BCUT2D eigenvalue weighted by molar-refractivity contribution is 8.14. The van der Waals surface area contributed by atoms with Gasteiger partial charge in [0, 0.05) is 19.0 Å². The average Bonchev–Trinajstić information content (AvgIpc) is 2.58. The SMILES string of the molecule is CC(C)c1nn(C)cc1NC1=NC(C)(C)CCS1. The van der Waals surface area contributed by atoms with Crippen molar-refractivity contribution in [2.45, 2.75) is 45.6 Å². The van der Waals surface area contributed by atoms with Crippen LogP contribution in [-0.2, 0) is 7.05 Å². The fourth-order valence-corrected chi connectivity index (χ4v) is 3.26. The number of aromatic nitrogens is 2. The van der Waals surface area contributed by atoms with E-state index in [0.717, 1.165) is 28.7 Å². The normalized spacial score (nSPS) is 18.9. The summed E-state index contributed by atoms with van der Waals surface area (Å²) in [4.78, 5) is 4.75. The van der Waals surface area contributed by atoms with Crippen molar-refractivity contribution in [1.82, 2.24) is 9.78 Å². The third kappa shape index (κ3) is 3.07. The van der Waals surface area contributed by atoms with Gasteiger partial charge in [-0.25, -0.2) is 0 Å². The lowest BCUT2D eigenvalue weighted by molar-refractivity contribution is 0.507. The van der Waals surface area contributed by atoms with Gasteiger partial charge in [0.05, 0.1) is 16.9 Å². The summed E-state index contributed by atoms with van der Waals surface area (Å²) in [6, 6.07) is 0. The molecule has 0 spiro atoms. The van der Waals surface area contributed by atoms with Gasteiger partial charge in [0.2, 0.25) is 0 Å². The number of aliphatic imine (C=N–C) groups is 1. The first-order valence-electron chi connectivity index (χ1n) is 6.40. The van der Waals surface area contributed by atoms with E-state index in [9.17, 15) is 0 Å². The van der Waals surface area contributed by atoms with Crippen LogP contribution >= 0.6 is 11.8 Å². The van der Waals surface area contributed by atoms with Gasteiger partial charge < -0.3 is 5.32 Å². The zero-order chi connectivity index (χ0) is 13.3. The Balaban J connectivity index is 2.21. The zero-order valence-electron chi connectivity index (χ0n) is 11.8. The monoisotopic (exact) mass is 266 g/mol. The second-order valence-corrected chi connectivity index (χ2v) is 6.79. The molecule has 18 heavy (non-hydrogen) atoms. The van der Waals surface area contributed by atoms with Crippen LogP contribution in [0.25, 0.3) is 0 Å². The number of hydrogen-bond donors (Lipinski definition) is 1. The van der Waals surface area contributed by atoms with Crippen molar-refractivity contribution in [3.8, 4) is 0 Å². The largest absolute Gasteiger partial charge is 0.332 e. The fourth-order valence-electron chi connectivity index (χ4n) is 1.97. The van der Waals surface area contributed by atoms with E-state index in [4.69, 9.17) is 4.99 Å². The topological polar surface area (TPSA) is 42.2 Å². The molecule has 4 nitrogen and oxygen atoms in total. The fraction of sp³-hybridized carbons (Fsp3) is 0.692. The van der Waals surface area contributed by atoms with E-state index < -0.39 is 0 Å². The molecule has 1 aromatic rings. The highest BCUT2D eigenvalue weighted by Crippen LogP contribution is 2.29. The second kappa shape index (κ2) is 4.96. The first kappa shape index (κ1) is 13.5. The number of aryl methyl sites for hydroxylation is 1. The van der Waals surface area contributed by atoms with Crippen molar-refractivity contribution in [2.24, 2.45) is 12.0 Å². The van der Waals surface area contributed by atoms with Crippen molar-refractivity contribution in [2.75, 3.05) is 11.1 Å². The minimum Gasteiger partial charge on any atom is -0.332 e. The van der Waals surface area contributed by atoms with Crippen LogP contribution in [0, 0.1) is 0 Å². The van der Waals surface area contributed by atoms with Gasteiger partial charge in [-0.1, -0.05) is 25.6 Å². The summed E-state index contributed by atoms with van der Waals surface area (Å²) in [6.45, 7) is 8.68. The molecule has 1 aromatic heterocycles. The molecule has 0 atom stereocenters.